The fourth-order valence-corrected chi connectivity index (χ4v) is 1.74. The number of hydrogen-bond acceptors (Lipinski definition) is 2. The van der Waals surface area contributed by atoms with Crippen molar-refractivity contribution >= 4 is 27.5 Å². The highest BCUT2D eigenvalue weighted by molar-refractivity contribution is 9.10. The molecule has 100 valence electrons. The number of ether oxygens (including phenoxy) is 1. The molecule has 2 aromatic rings. The minimum atomic E-state index is -4.48. The Morgan fingerprint density at radius 2 is 1.79 bits per heavy atom. The Hall–Kier alpha value is -1.27. The van der Waals surface area contributed by atoms with Gasteiger partial charge in [-0.25, -0.2) is 4.98 Å². The maximum atomic E-state index is 12.4. The number of halogens is 5. The summed E-state index contributed by atoms with van der Waals surface area (Å²) < 4.78 is 43.4. The highest BCUT2D eigenvalue weighted by Gasteiger charge is 2.31. The molecule has 2 rings (SSSR count). The first-order valence-corrected chi connectivity index (χ1v) is 6.19. The lowest BCUT2D eigenvalue weighted by molar-refractivity contribution is -0.137. The molecule has 0 bridgehead atoms. The van der Waals surface area contributed by atoms with E-state index in [1.807, 2.05) is 0 Å². The maximum Gasteiger partial charge on any atom is 0.417 e. The van der Waals surface area contributed by atoms with Gasteiger partial charge in [0.05, 0.1) is 5.56 Å². The van der Waals surface area contributed by atoms with Gasteiger partial charge in [-0.05, 0) is 30.3 Å². The molecule has 0 spiro atoms. The summed E-state index contributed by atoms with van der Waals surface area (Å²) in [4.78, 5) is 3.58. The van der Waals surface area contributed by atoms with E-state index >= 15 is 0 Å². The second-order valence-electron chi connectivity index (χ2n) is 3.56. The van der Waals surface area contributed by atoms with Crippen molar-refractivity contribution in [1.29, 1.82) is 0 Å². The predicted octanol–water partition coefficient (Wildman–Crippen LogP) is 5.31. The minimum absolute atomic E-state index is 0.0722. The van der Waals surface area contributed by atoms with Gasteiger partial charge in [0.1, 0.15) is 10.8 Å². The molecular weight excluding hydrogens is 346 g/mol. The van der Waals surface area contributed by atoms with E-state index in [9.17, 15) is 13.2 Å². The van der Waals surface area contributed by atoms with Crippen LogP contribution in [0.3, 0.4) is 0 Å². The van der Waals surface area contributed by atoms with Gasteiger partial charge in [0.2, 0.25) is 5.88 Å². The van der Waals surface area contributed by atoms with Crippen LogP contribution in [-0.2, 0) is 6.18 Å². The third kappa shape index (κ3) is 3.61. The van der Waals surface area contributed by atoms with Gasteiger partial charge in [0.15, 0.2) is 0 Å². The van der Waals surface area contributed by atoms with Crippen LogP contribution in [0, 0.1) is 0 Å². The third-order valence-corrected chi connectivity index (χ3v) is 2.96. The van der Waals surface area contributed by atoms with E-state index < -0.39 is 11.7 Å². The molecule has 7 heteroatoms. The summed E-state index contributed by atoms with van der Waals surface area (Å²) in [6, 6.07) is 7.52. The second kappa shape index (κ2) is 5.38. The number of nitrogens with zero attached hydrogens (tertiary/aromatic N) is 1. The smallest absolute Gasteiger partial charge is 0.417 e. The molecule has 19 heavy (non-hydrogen) atoms. The van der Waals surface area contributed by atoms with Crippen molar-refractivity contribution in [2.45, 2.75) is 6.18 Å². The van der Waals surface area contributed by atoms with Gasteiger partial charge in [-0.1, -0.05) is 27.5 Å². The molecule has 0 amide bonds. The predicted molar refractivity (Wildman–Crippen MR) is 68.5 cm³/mol. The molecular formula is C12H6BrClF3NO. The van der Waals surface area contributed by atoms with Crippen LogP contribution in [0.1, 0.15) is 5.56 Å². The molecule has 0 aliphatic rings. The van der Waals surface area contributed by atoms with Gasteiger partial charge >= 0.3 is 6.18 Å². The lowest BCUT2D eigenvalue weighted by Gasteiger charge is -2.10. The van der Waals surface area contributed by atoms with Crippen LogP contribution in [0.25, 0.3) is 0 Å². The molecule has 0 unspecified atom stereocenters. The van der Waals surface area contributed by atoms with Crippen molar-refractivity contribution in [2.75, 3.05) is 0 Å². The minimum Gasteiger partial charge on any atom is -0.438 e. The Morgan fingerprint density at radius 3 is 2.32 bits per heavy atom. The maximum absolute atomic E-state index is 12.4. The first-order chi connectivity index (χ1) is 8.86. The summed E-state index contributed by atoms with van der Waals surface area (Å²) in [7, 11) is 0. The fraction of sp³-hybridized carbons (Fsp3) is 0.0833. The summed E-state index contributed by atoms with van der Waals surface area (Å²) in [5.74, 6) is 0.356. The van der Waals surface area contributed by atoms with Crippen LogP contribution in [0.4, 0.5) is 13.2 Å². The Balaban J connectivity index is 2.24. The zero-order valence-corrected chi connectivity index (χ0v) is 11.6. The number of aromatic nitrogens is 1. The van der Waals surface area contributed by atoms with Gasteiger partial charge in [0.25, 0.3) is 0 Å². The molecule has 0 atom stereocenters. The van der Waals surface area contributed by atoms with Crippen molar-refractivity contribution < 1.29 is 17.9 Å². The summed E-state index contributed by atoms with van der Waals surface area (Å²) in [6.45, 7) is 0. The van der Waals surface area contributed by atoms with E-state index in [0.29, 0.717) is 11.9 Å². The summed E-state index contributed by atoms with van der Waals surface area (Å²) in [5, 5.41) is -0.197. The number of benzene rings is 1. The van der Waals surface area contributed by atoms with Crippen molar-refractivity contribution in [3.05, 3.63) is 51.6 Å². The molecule has 0 aliphatic carbocycles. The quantitative estimate of drug-likeness (QED) is 0.731. The zero-order valence-electron chi connectivity index (χ0n) is 9.21. The third-order valence-electron chi connectivity index (χ3n) is 2.16. The standard InChI is InChI=1S/C12H6BrClF3NO/c13-8-1-3-9(4-2-8)19-11-10(14)5-7(6-18-11)12(15,16)17/h1-6H. The SMILES string of the molecule is FC(F)(F)c1cnc(Oc2ccc(Br)cc2)c(Cl)c1. The van der Waals surface area contributed by atoms with E-state index in [1.165, 1.54) is 0 Å². The van der Waals surface area contributed by atoms with Crippen LogP contribution in [0.15, 0.2) is 41.0 Å². The van der Waals surface area contributed by atoms with Crippen LogP contribution in [-0.4, -0.2) is 4.98 Å². The molecule has 1 aromatic carbocycles. The molecule has 0 aliphatic heterocycles. The summed E-state index contributed by atoms with van der Waals surface area (Å²) in [6.07, 6.45) is -3.80. The lowest BCUT2D eigenvalue weighted by atomic mass is 10.3. The van der Waals surface area contributed by atoms with E-state index in [4.69, 9.17) is 16.3 Å². The molecule has 0 saturated heterocycles. The van der Waals surface area contributed by atoms with Crippen molar-refractivity contribution in [3.8, 4) is 11.6 Å². The van der Waals surface area contributed by atoms with Crippen LogP contribution in [0.5, 0.6) is 11.6 Å². The first-order valence-electron chi connectivity index (χ1n) is 5.02. The second-order valence-corrected chi connectivity index (χ2v) is 4.89. The largest absolute Gasteiger partial charge is 0.438 e. The zero-order chi connectivity index (χ0) is 14.0. The number of rotatable bonds is 2. The highest BCUT2D eigenvalue weighted by Crippen LogP contribution is 2.34. The monoisotopic (exact) mass is 351 g/mol. The van der Waals surface area contributed by atoms with Crippen LogP contribution < -0.4 is 4.74 Å². The van der Waals surface area contributed by atoms with Gasteiger partial charge in [-0.2, -0.15) is 13.2 Å². The molecule has 1 heterocycles. The Morgan fingerprint density at radius 1 is 1.16 bits per heavy atom. The number of hydrogen-bond donors (Lipinski definition) is 0. The Bertz CT molecular complexity index is 587. The fourth-order valence-electron chi connectivity index (χ4n) is 1.27. The number of pyridine rings is 1. The van der Waals surface area contributed by atoms with E-state index in [-0.39, 0.29) is 10.9 Å². The molecule has 2 nitrogen and oxygen atoms in total. The van der Waals surface area contributed by atoms with Gasteiger partial charge in [0, 0.05) is 10.7 Å². The molecule has 0 N–H and O–H groups in total. The number of alkyl halides is 3. The normalized spacial score (nSPS) is 11.4. The summed E-state index contributed by atoms with van der Waals surface area (Å²) in [5.41, 5.74) is -0.916. The van der Waals surface area contributed by atoms with Crippen LogP contribution in [0.2, 0.25) is 5.02 Å². The summed E-state index contributed by atoms with van der Waals surface area (Å²) >= 11 is 8.97. The van der Waals surface area contributed by atoms with E-state index in [0.717, 1.165) is 10.5 Å². The van der Waals surface area contributed by atoms with E-state index in [1.54, 1.807) is 24.3 Å². The molecule has 0 saturated carbocycles. The van der Waals surface area contributed by atoms with Crippen LogP contribution >= 0.6 is 27.5 Å². The van der Waals surface area contributed by atoms with Crippen molar-refractivity contribution in [3.63, 3.8) is 0 Å². The van der Waals surface area contributed by atoms with Gasteiger partial charge in [-0.15, -0.1) is 0 Å². The Labute approximate surface area is 120 Å². The average molecular weight is 353 g/mol. The lowest BCUT2D eigenvalue weighted by Crippen LogP contribution is -2.05. The first kappa shape index (κ1) is 14.1. The molecule has 0 radical (unpaired) electrons. The topological polar surface area (TPSA) is 22.1 Å². The van der Waals surface area contributed by atoms with Gasteiger partial charge in [-0.3, -0.25) is 0 Å². The Kier molecular flexibility index (Phi) is 4.01. The van der Waals surface area contributed by atoms with Crippen molar-refractivity contribution in [2.24, 2.45) is 0 Å². The van der Waals surface area contributed by atoms with Gasteiger partial charge < -0.3 is 4.74 Å². The molecule has 1 aromatic heterocycles. The molecule has 0 fully saturated rings. The van der Waals surface area contributed by atoms with E-state index in [2.05, 4.69) is 20.9 Å². The average Bonchev–Trinajstić information content (AvgIpc) is 2.33. The van der Waals surface area contributed by atoms with Crippen molar-refractivity contribution in [1.82, 2.24) is 4.98 Å². The highest BCUT2D eigenvalue weighted by atomic mass is 79.9.